The maximum Gasteiger partial charge on any atom is 0.147 e. The van der Waals surface area contributed by atoms with Gasteiger partial charge in [0.25, 0.3) is 0 Å². The molecule has 5 fully saturated rings. The van der Waals surface area contributed by atoms with Gasteiger partial charge in [0.05, 0.1) is 57.1 Å². The Morgan fingerprint density at radius 3 is 1.79 bits per heavy atom. The summed E-state index contributed by atoms with van der Waals surface area (Å²) in [6.07, 6.45) is 4.99. The minimum atomic E-state index is 0.598. The Hall–Kier alpha value is -2.84. The van der Waals surface area contributed by atoms with Crippen molar-refractivity contribution in [3.05, 3.63) is 66.9 Å². The Morgan fingerprint density at radius 2 is 1.21 bits per heavy atom. The van der Waals surface area contributed by atoms with Crippen LogP contribution in [0.25, 0.3) is 22.5 Å². The van der Waals surface area contributed by atoms with E-state index in [1.807, 2.05) is 12.3 Å². The summed E-state index contributed by atoms with van der Waals surface area (Å²) < 4.78 is 0. The fourth-order valence-electron chi connectivity index (χ4n) is 6.39. The molecule has 5 aliphatic heterocycles. The molecule has 0 spiro atoms. The van der Waals surface area contributed by atoms with Gasteiger partial charge in [-0.25, -0.2) is 4.98 Å². The molecule has 174 valence electrons. The van der Waals surface area contributed by atoms with E-state index in [9.17, 15) is 0 Å². The molecule has 0 aliphatic carbocycles. The molecule has 0 atom stereocenters. The van der Waals surface area contributed by atoms with E-state index in [1.54, 1.807) is 0 Å². The van der Waals surface area contributed by atoms with Gasteiger partial charge in [0.2, 0.25) is 0 Å². The third kappa shape index (κ3) is 3.60. The second-order valence-corrected chi connectivity index (χ2v) is 10.1. The second-order valence-electron chi connectivity index (χ2n) is 10.1. The molecule has 5 aliphatic rings. The molecular weight excluding hydrogens is 422 g/mol. The molecule has 0 saturated carbocycles. The first-order chi connectivity index (χ1) is 16.8. The highest BCUT2D eigenvalue weighted by Crippen LogP contribution is 2.36. The minimum absolute atomic E-state index is 0.598. The third-order valence-electron chi connectivity index (χ3n) is 7.81. The number of aromatic nitrogens is 2. The van der Waals surface area contributed by atoms with Crippen molar-refractivity contribution in [2.45, 2.75) is 19.0 Å². The molecule has 0 amide bonds. The van der Waals surface area contributed by atoms with E-state index in [4.69, 9.17) is 9.97 Å². The maximum atomic E-state index is 5.18. The van der Waals surface area contributed by atoms with Gasteiger partial charge in [0, 0.05) is 24.2 Å². The van der Waals surface area contributed by atoms with Gasteiger partial charge < -0.3 is 4.90 Å². The Bertz CT molecular complexity index is 1120. The highest BCUT2D eigenvalue weighted by Gasteiger charge is 2.46. The van der Waals surface area contributed by atoms with E-state index >= 15 is 0 Å². The van der Waals surface area contributed by atoms with Crippen molar-refractivity contribution in [1.82, 2.24) is 29.6 Å². The molecule has 5 saturated heterocycles. The minimum Gasteiger partial charge on any atom is -0.355 e. The quantitative estimate of drug-likeness (QED) is 0.600. The first kappa shape index (κ1) is 20.5. The first-order valence-electron chi connectivity index (χ1n) is 12.5. The zero-order chi connectivity index (χ0) is 22.5. The molecule has 4 bridgehead atoms. The van der Waals surface area contributed by atoms with Gasteiger partial charge in [-0.05, 0) is 18.8 Å². The fourth-order valence-corrected chi connectivity index (χ4v) is 6.39. The summed E-state index contributed by atoms with van der Waals surface area (Å²) in [5.74, 6) is 1.73. The van der Waals surface area contributed by atoms with E-state index in [0.717, 1.165) is 80.7 Å². The zero-order valence-electron chi connectivity index (χ0n) is 19.5. The third-order valence-corrected chi connectivity index (χ3v) is 7.81. The predicted molar refractivity (Wildman–Crippen MR) is 133 cm³/mol. The van der Waals surface area contributed by atoms with Crippen LogP contribution in [0.15, 0.2) is 66.9 Å². The molecule has 34 heavy (non-hydrogen) atoms. The SMILES string of the molecule is c1ccc(-c2ncc(N3CCC(C4N5CN6CN(C5)CN4C6)CC3)nc2-c2ccccc2)cc1. The summed E-state index contributed by atoms with van der Waals surface area (Å²) in [5.41, 5.74) is 4.14. The molecule has 0 radical (unpaired) electrons. The molecule has 8 rings (SSSR count). The van der Waals surface area contributed by atoms with Crippen LogP contribution in [-0.4, -0.2) is 82.2 Å². The average Bonchev–Trinajstić information content (AvgIpc) is 2.89. The largest absolute Gasteiger partial charge is 0.355 e. The summed E-state index contributed by atoms with van der Waals surface area (Å²) in [4.78, 5) is 23.0. The smallest absolute Gasteiger partial charge is 0.147 e. The standard InChI is InChI=1S/C27H31N7/c1-3-7-21(8-4-1)25-26(22-9-5-2-6-10-22)29-24(15-28-25)32-13-11-23(12-14-32)27-33-17-30-16-31(19-33)20-34(27)18-30/h1-10,15,23,27H,11-14,16-20H2. The molecule has 6 heterocycles. The lowest BCUT2D eigenvalue weighted by atomic mass is 9.91. The van der Waals surface area contributed by atoms with Crippen molar-refractivity contribution in [2.24, 2.45) is 5.92 Å². The van der Waals surface area contributed by atoms with Gasteiger partial charge in [-0.2, -0.15) is 0 Å². The molecule has 0 unspecified atom stereocenters. The van der Waals surface area contributed by atoms with Gasteiger partial charge in [-0.1, -0.05) is 60.7 Å². The van der Waals surface area contributed by atoms with Gasteiger partial charge in [-0.3, -0.25) is 24.6 Å². The van der Waals surface area contributed by atoms with Crippen LogP contribution in [-0.2, 0) is 0 Å². The Balaban J connectivity index is 1.13. The average molecular weight is 454 g/mol. The number of hydrogen-bond donors (Lipinski definition) is 0. The van der Waals surface area contributed by atoms with Crippen LogP contribution in [0, 0.1) is 5.92 Å². The van der Waals surface area contributed by atoms with Gasteiger partial charge in [-0.15, -0.1) is 0 Å². The molecule has 2 aromatic carbocycles. The molecule has 1 aromatic heterocycles. The second kappa shape index (κ2) is 8.43. The molecule has 7 heteroatoms. The Kier molecular flexibility index (Phi) is 5.09. The number of hydrogen-bond acceptors (Lipinski definition) is 7. The first-order valence-corrected chi connectivity index (χ1v) is 12.5. The summed E-state index contributed by atoms with van der Waals surface area (Å²) >= 11 is 0. The maximum absolute atomic E-state index is 5.18. The van der Waals surface area contributed by atoms with Crippen LogP contribution in [0.2, 0.25) is 0 Å². The summed E-state index contributed by atoms with van der Waals surface area (Å²) in [5, 5.41) is 0. The van der Waals surface area contributed by atoms with Crippen molar-refractivity contribution in [2.75, 3.05) is 51.3 Å². The Labute approximate surface area is 201 Å². The van der Waals surface area contributed by atoms with E-state index < -0.39 is 0 Å². The summed E-state index contributed by atoms with van der Waals surface area (Å²) in [6, 6.07) is 20.9. The van der Waals surface area contributed by atoms with Crippen molar-refractivity contribution in [1.29, 1.82) is 0 Å². The van der Waals surface area contributed by atoms with Gasteiger partial charge in [0.1, 0.15) is 5.82 Å². The molecule has 3 aromatic rings. The Morgan fingerprint density at radius 1 is 0.647 bits per heavy atom. The van der Waals surface area contributed by atoms with E-state index in [1.165, 1.54) is 12.8 Å². The van der Waals surface area contributed by atoms with Crippen molar-refractivity contribution >= 4 is 5.82 Å². The van der Waals surface area contributed by atoms with Crippen LogP contribution in [0.4, 0.5) is 5.82 Å². The fraction of sp³-hybridized carbons (Fsp3) is 0.407. The van der Waals surface area contributed by atoms with Crippen LogP contribution in [0.5, 0.6) is 0 Å². The number of rotatable bonds is 4. The zero-order valence-corrected chi connectivity index (χ0v) is 19.5. The summed E-state index contributed by atoms with van der Waals surface area (Å²) in [6.45, 7) is 7.75. The lowest BCUT2D eigenvalue weighted by Crippen LogP contribution is -2.77. The lowest BCUT2D eigenvalue weighted by molar-refractivity contribution is -0.244. The molecular formula is C27H31N7. The van der Waals surface area contributed by atoms with Gasteiger partial charge >= 0.3 is 0 Å². The number of piperidine rings is 1. The van der Waals surface area contributed by atoms with Crippen molar-refractivity contribution in [3.63, 3.8) is 0 Å². The van der Waals surface area contributed by atoms with E-state index in [0.29, 0.717) is 6.17 Å². The van der Waals surface area contributed by atoms with Crippen LogP contribution >= 0.6 is 0 Å². The topological polar surface area (TPSA) is 42.0 Å². The lowest BCUT2D eigenvalue weighted by Gasteiger charge is -2.62. The normalized spacial score (nSPS) is 30.6. The summed E-state index contributed by atoms with van der Waals surface area (Å²) in [7, 11) is 0. The monoisotopic (exact) mass is 453 g/mol. The van der Waals surface area contributed by atoms with Crippen molar-refractivity contribution in [3.8, 4) is 22.5 Å². The van der Waals surface area contributed by atoms with Crippen LogP contribution in [0.3, 0.4) is 0 Å². The van der Waals surface area contributed by atoms with Crippen molar-refractivity contribution < 1.29 is 0 Å². The van der Waals surface area contributed by atoms with E-state index in [-0.39, 0.29) is 0 Å². The van der Waals surface area contributed by atoms with Gasteiger partial charge in [0.15, 0.2) is 0 Å². The molecule has 0 N–H and O–H groups in total. The molecule has 7 nitrogen and oxygen atoms in total. The van der Waals surface area contributed by atoms with E-state index in [2.05, 4.69) is 79.1 Å². The number of nitrogens with zero attached hydrogens (tertiary/aromatic N) is 7. The van der Waals surface area contributed by atoms with Crippen LogP contribution in [0.1, 0.15) is 12.8 Å². The number of benzene rings is 2. The van der Waals surface area contributed by atoms with Crippen LogP contribution < -0.4 is 4.90 Å². The number of anilines is 1. The highest BCUT2D eigenvalue weighted by molar-refractivity contribution is 5.78. The predicted octanol–water partition coefficient (Wildman–Crippen LogP) is 3.39. The highest BCUT2D eigenvalue weighted by atomic mass is 15.7.